The van der Waals surface area contributed by atoms with E-state index in [4.69, 9.17) is 10.5 Å². The second kappa shape index (κ2) is 6.34. The molecule has 16 heavy (non-hydrogen) atoms. The Morgan fingerprint density at radius 1 is 1.69 bits per heavy atom. The molecule has 0 aromatic carbocycles. The molecular formula is C10H15BrN2O2S. The van der Waals surface area contributed by atoms with Gasteiger partial charge in [-0.2, -0.15) is 0 Å². The fraction of sp³-hybridized carbons (Fsp3) is 0.500. The summed E-state index contributed by atoms with van der Waals surface area (Å²) in [5.41, 5.74) is 5.67. The van der Waals surface area contributed by atoms with E-state index in [2.05, 4.69) is 15.9 Å². The monoisotopic (exact) mass is 306 g/mol. The van der Waals surface area contributed by atoms with E-state index in [-0.39, 0.29) is 12.5 Å². The largest absolute Gasteiger partial charge is 0.383 e. The first-order chi connectivity index (χ1) is 7.54. The minimum absolute atomic E-state index is 0.105. The van der Waals surface area contributed by atoms with Crippen LogP contribution in [0.1, 0.15) is 4.88 Å². The van der Waals surface area contributed by atoms with E-state index in [0.717, 1.165) is 8.66 Å². The maximum absolute atomic E-state index is 11.8. The number of nitrogens with zero attached hydrogens (tertiary/aromatic N) is 1. The van der Waals surface area contributed by atoms with Gasteiger partial charge in [0.15, 0.2) is 0 Å². The van der Waals surface area contributed by atoms with Crippen LogP contribution in [0.5, 0.6) is 0 Å². The van der Waals surface area contributed by atoms with Crippen LogP contribution in [-0.4, -0.2) is 37.6 Å². The number of halogens is 1. The Bertz CT molecular complexity index is 356. The number of amides is 1. The second-order valence-corrected chi connectivity index (χ2v) is 6.01. The molecule has 0 spiro atoms. The van der Waals surface area contributed by atoms with E-state index in [1.54, 1.807) is 23.3 Å². The van der Waals surface area contributed by atoms with E-state index in [1.165, 1.54) is 7.11 Å². The zero-order valence-corrected chi connectivity index (χ0v) is 11.7. The highest BCUT2D eigenvalue weighted by molar-refractivity contribution is 9.11. The number of hydrogen-bond acceptors (Lipinski definition) is 4. The zero-order chi connectivity index (χ0) is 12.1. The topological polar surface area (TPSA) is 55.6 Å². The molecule has 0 bridgehead atoms. The minimum atomic E-state index is -0.585. The Balaban J connectivity index is 2.51. The van der Waals surface area contributed by atoms with E-state index in [9.17, 15) is 4.79 Å². The van der Waals surface area contributed by atoms with Crippen molar-refractivity contribution in [1.29, 1.82) is 0 Å². The molecule has 0 aliphatic rings. The van der Waals surface area contributed by atoms with Crippen LogP contribution in [0.25, 0.3) is 0 Å². The maximum atomic E-state index is 11.8. The lowest BCUT2D eigenvalue weighted by molar-refractivity contribution is -0.132. The molecular weight excluding hydrogens is 292 g/mol. The summed E-state index contributed by atoms with van der Waals surface area (Å²) in [5.74, 6) is -0.105. The van der Waals surface area contributed by atoms with Crippen molar-refractivity contribution in [1.82, 2.24) is 4.90 Å². The van der Waals surface area contributed by atoms with Crippen LogP contribution < -0.4 is 5.73 Å². The predicted octanol–water partition coefficient (Wildman–Crippen LogP) is 1.44. The van der Waals surface area contributed by atoms with E-state index < -0.39 is 6.04 Å². The molecule has 1 atom stereocenters. The van der Waals surface area contributed by atoms with E-state index >= 15 is 0 Å². The van der Waals surface area contributed by atoms with Crippen molar-refractivity contribution in [3.05, 3.63) is 20.8 Å². The number of carbonyl (C=O) groups excluding carboxylic acids is 1. The third-order valence-corrected chi connectivity index (χ3v) is 3.67. The number of methoxy groups -OCH3 is 1. The first-order valence-corrected chi connectivity index (χ1v) is 6.39. The molecule has 6 heteroatoms. The van der Waals surface area contributed by atoms with Crippen LogP contribution in [0, 0.1) is 0 Å². The Morgan fingerprint density at radius 2 is 2.38 bits per heavy atom. The molecule has 0 fully saturated rings. The van der Waals surface area contributed by atoms with Crippen molar-refractivity contribution in [2.75, 3.05) is 20.8 Å². The van der Waals surface area contributed by atoms with Crippen molar-refractivity contribution in [2.45, 2.75) is 12.6 Å². The van der Waals surface area contributed by atoms with Gasteiger partial charge in [-0.05, 0) is 28.1 Å². The summed E-state index contributed by atoms with van der Waals surface area (Å²) in [6.45, 7) is 0.823. The average Bonchev–Trinajstić information content (AvgIpc) is 2.63. The molecule has 1 heterocycles. The lowest BCUT2D eigenvalue weighted by atomic mass is 10.3. The zero-order valence-electron chi connectivity index (χ0n) is 9.27. The SMILES string of the molecule is COCC(N)C(=O)N(C)Cc1ccc(Br)s1. The van der Waals surface area contributed by atoms with Gasteiger partial charge in [-0.1, -0.05) is 0 Å². The Hall–Kier alpha value is -0.430. The molecule has 1 rings (SSSR count). The van der Waals surface area contributed by atoms with Crippen molar-refractivity contribution in [3.63, 3.8) is 0 Å². The summed E-state index contributed by atoms with van der Waals surface area (Å²) in [6.07, 6.45) is 0. The number of carbonyl (C=O) groups is 1. The Labute approximate surface area is 108 Å². The molecule has 2 N–H and O–H groups in total. The van der Waals surface area contributed by atoms with Gasteiger partial charge in [0.1, 0.15) is 6.04 Å². The summed E-state index contributed by atoms with van der Waals surface area (Å²) in [5, 5.41) is 0. The van der Waals surface area contributed by atoms with Crippen molar-refractivity contribution < 1.29 is 9.53 Å². The molecule has 0 saturated carbocycles. The molecule has 1 amide bonds. The van der Waals surface area contributed by atoms with Gasteiger partial charge in [0.05, 0.1) is 16.9 Å². The quantitative estimate of drug-likeness (QED) is 0.895. The summed E-state index contributed by atoms with van der Waals surface area (Å²) in [7, 11) is 3.27. The maximum Gasteiger partial charge on any atom is 0.241 e. The van der Waals surface area contributed by atoms with Gasteiger partial charge < -0.3 is 15.4 Å². The first-order valence-electron chi connectivity index (χ1n) is 4.78. The highest BCUT2D eigenvalue weighted by Gasteiger charge is 2.18. The van der Waals surface area contributed by atoms with Crippen LogP contribution in [0.15, 0.2) is 15.9 Å². The molecule has 0 aliphatic heterocycles. The van der Waals surface area contributed by atoms with Crippen molar-refractivity contribution in [2.24, 2.45) is 5.73 Å². The number of rotatable bonds is 5. The summed E-state index contributed by atoms with van der Waals surface area (Å²) in [6, 6.07) is 3.37. The molecule has 0 saturated heterocycles. The fourth-order valence-corrected chi connectivity index (χ4v) is 2.82. The van der Waals surface area contributed by atoms with Crippen molar-refractivity contribution in [3.8, 4) is 0 Å². The highest BCUT2D eigenvalue weighted by atomic mass is 79.9. The summed E-state index contributed by atoms with van der Waals surface area (Å²) < 4.78 is 5.91. The number of nitrogens with two attached hydrogens (primary N) is 1. The summed E-state index contributed by atoms with van der Waals surface area (Å²) >= 11 is 4.99. The lowest BCUT2D eigenvalue weighted by Gasteiger charge is -2.20. The number of hydrogen-bond donors (Lipinski definition) is 1. The number of ether oxygens (including phenoxy) is 1. The highest BCUT2D eigenvalue weighted by Crippen LogP contribution is 2.23. The van der Waals surface area contributed by atoms with Gasteiger partial charge in [0.2, 0.25) is 5.91 Å². The van der Waals surface area contributed by atoms with Crippen LogP contribution in [-0.2, 0) is 16.1 Å². The predicted molar refractivity (Wildman–Crippen MR) is 68.3 cm³/mol. The van der Waals surface area contributed by atoms with Gasteiger partial charge in [-0.3, -0.25) is 4.79 Å². The van der Waals surface area contributed by atoms with Crippen LogP contribution in [0.4, 0.5) is 0 Å². The molecule has 4 nitrogen and oxygen atoms in total. The van der Waals surface area contributed by atoms with E-state index in [1.807, 2.05) is 12.1 Å². The van der Waals surface area contributed by atoms with Gasteiger partial charge in [0.25, 0.3) is 0 Å². The normalized spacial score (nSPS) is 12.5. The second-order valence-electron chi connectivity index (χ2n) is 3.46. The first kappa shape index (κ1) is 13.6. The van der Waals surface area contributed by atoms with Crippen LogP contribution >= 0.6 is 27.3 Å². The lowest BCUT2D eigenvalue weighted by Crippen LogP contribution is -2.43. The van der Waals surface area contributed by atoms with Crippen LogP contribution in [0.3, 0.4) is 0 Å². The number of thiophene rings is 1. The summed E-state index contributed by atoms with van der Waals surface area (Å²) in [4.78, 5) is 14.5. The minimum Gasteiger partial charge on any atom is -0.383 e. The molecule has 0 radical (unpaired) electrons. The molecule has 1 aromatic rings. The molecule has 0 aliphatic carbocycles. The van der Waals surface area contributed by atoms with Gasteiger partial charge >= 0.3 is 0 Å². The fourth-order valence-electron chi connectivity index (χ4n) is 1.28. The Kier molecular flexibility index (Phi) is 5.40. The average molecular weight is 307 g/mol. The van der Waals surface area contributed by atoms with Crippen molar-refractivity contribution >= 4 is 33.2 Å². The van der Waals surface area contributed by atoms with E-state index in [0.29, 0.717) is 6.54 Å². The van der Waals surface area contributed by atoms with Crippen LogP contribution in [0.2, 0.25) is 0 Å². The van der Waals surface area contributed by atoms with Gasteiger partial charge in [0, 0.05) is 19.0 Å². The smallest absolute Gasteiger partial charge is 0.241 e. The Morgan fingerprint density at radius 3 is 2.88 bits per heavy atom. The molecule has 1 unspecified atom stereocenters. The molecule has 1 aromatic heterocycles. The number of likely N-dealkylation sites (N-methyl/N-ethyl adjacent to an activating group) is 1. The standard InChI is InChI=1S/C10H15BrN2O2S/c1-13(10(14)8(12)6-15-2)5-7-3-4-9(11)16-7/h3-4,8H,5-6,12H2,1-2H3. The van der Waals surface area contributed by atoms with Gasteiger partial charge in [-0.25, -0.2) is 0 Å². The molecule has 90 valence electrons. The third kappa shape index (κ3) is 3.86. The third-order valence-electron chi connectivity index (χ3n) is 2.06. The van der Waals surface area contributed by atoms with Gasteiger partial charge in [-0.15, -0.1) is 11.3 Å².